The molecule has 2 aliphatic heterocycles. The molecule has 1 aliphatic carbocycles. The number of benzene rings is 1. The van der Waals surface area contributed by atoms with Crippen LogP contribution in [0.2, 0.25) is 0 Å². The lowest BCUT2D eigenvalue weighted by Crippen LogP contribution is -2.67. The average Bonchev–Trinajstić information content (AvgIpc) is 3.01. The molecule has 11 heteroatoms. The first-order valence-electron chi connectivity index (χ1n) is 16.0. The third-order valence-corrected chi connectivity index (χ3v) is 9.41. The number of fused-ring (bicyclic) bond motifs is 4. The maximum Gasteiger partial charge on any atom is 0.316 e. The van der Waals surface area contributed by atoms with Gasteiger partial charge in [-0.05, 0) is 82.9 Å². The number of pyridine rings is 1. The number of cyclic esters (lactones) is 1. The van der Waals surface area contributed by atoms with Crippen LogP contribution in [0.25, 0.3) is 17.0 Å². The molecule has 2 unspecified atom stereocenters. The van der Waals surface area contributed by atoms with Gasteiger partial charge in [0.2, 0.25) is 5.91 Å². The van der Waals surface area contributed by atoms with Crippen molar-refractivity contribution in [1.82, 2.24) is 26.1 Å². The summed E-state index contributed by atoms with van der Waals surface area (Å²) in [6.07, 6.45) is 4.77. The highest BCUT2D eigenvalue weighted by atomic mass is 16.5. The number of carbonyl (C=O) groups is 4. The van der Waals surface area contributed by atoms with Crippen molar-refractivity contribution in [2.24, 2.45) is 11.3 Å². The van der Waals surface area contributed by atoms with Gasteiger partial charge < -0.3 is 20.5 Å². The van der Waals surface area contributed by atoms with E-state index in [0.717, 1.165) is 16.5 Å². The summed E-state index contributed by atoms with van der Waals surface area (Å²) in [6.45, 7) is 9.14. The minimum atomic E-state index is -1.13. The molecule has 0 radical (unpaired) electrons. The van der Waals surface area contributed by atoms with Gasteiger partial charge in [0.05, 0.1) is 28.8 Å². The fourth-order valence-corrected chi connectivity index (χ4v) is 6.38. The van der Waals surface area contributed by atoms with Crippen LogP contribution in [0.15, 0.2) is 36.4 Å². The predicted octanol–water partition coefficient (Wildman–Crippen LogP) is 3.32. The molecule has 242 valence electrons. The summed E-state index contributed by atoms with van der Waals surface area (Å²) in [6, 6.07) is 8.34. The molecule has 2 aromatic rings. The van der Waals surface area contributed by atoms with E-state index in [-0.39, 0.29) is 11.8 Å². The van der Waals surface area contributed by atoms with E-state index < -0.39 is 53.0 Å². The summed E-state index contributed by atoms with van der Waals surface area (Å²) in [7, 11) is 0. The molecule has 3 heterocycles. The van der Waals surface area contributed by atoms with Crippen LogP contribution in [0.3, 0.4) is 0 Å². The highest BCUT2D eigenvalue weighted by Gasteiger charge is 2.44. The van der Waals surface area contributed by atoms with Crippen molar-refractivity contribution < 1.29 is 29.0 Å². The van der Waals surface area contributed by atoms with Gasteiger partial charge in [0.1, 0.15) is 11.6 Å². The number of aliphatic hydroxyl groups is 1. The molecule has 3 aliphatic rings. The largest absolute Gasteiger partial charge is 0.451 e. The van der Waals surface area contributed by atoms with Crippen LogP contribution in [0.4, 0.5) is 0 Å². The van der Waals surface area contributed by atoms with Crippen molar-refractivity contribution in [3.8, 4) is 0 Å². The Morgan fingerprint density at radius 1 is 1.00 bits per heavy atom. The van der Waals surface area contributed by atoms with Gasteiger partial charge in [-0.1, -0.05) is 44.2 Å². The predicted molar refractivity (Wildman–Crippen MR) is 169 cm³/mol. The molecule has 2 fully saturated rings. The number of rotatable bonds is 1. The summed E-state index contributed by atoms with van der Waals surface area (Å²) >= 11 is 0. The third kappa shape index (κ3) is 6.89. The van der Waals surface area contributed by atoms with Gasteiger partial charge in [0, 0.05) is 11.9 Å². The van der Waals surface area contributed by atoms with E-state index in [1.54, 1.807) is 27.7 Å². The number of hydrazine groups is 1. The van der Waals surface area contributed by atoms with Crippen LogP contribution < -0.4 is 16.1 Å². The van der Waals surface area contributed by atoms with Crippen molar-refractivity contribution in [3.05, 3.63) is 47.7 Å². The fourth-order valence-electron chi connectivity index (χ4n) is 6.38. The number of aromatic nitrogens is 1. The van der Waals surface area contributed by atoms with Gasteiger partial charge in [-0.15, -0.1) is 0 Å². The third-order valence-electron chi connectivity index (χ3n) is 9.41. The van der Waals surface area contributed by atoms with E-state index >= 15 is 0 Å². The lowest BCUT2D eigenvalue weighted by Gasteiger charge is -2.41. The summed E-state index contributed by atoms with van der Waals surface area (Å²) in [5.74, 6) is -2.12. The van der Waals surface area contributed by atoms with Gasteiger partial charge in [-0.3, -0.25) is 29.2 Å². The summed E-state index contributed by atoms with van der Waals surface area (Å²) < 4.78 is 5.95. The molecule has 1 saturated heterocycles. The van der Waals surface area contributed by atoms with Crippen LogP contribution in [0.1, 0.15) is 90.4 Å². The first-order chi connectivity index (χ1) is 21.3. The Morgan fingerprint density at radius 2 is 1.71 bits per heavy atom. The Kier molecular flexibility index (Phi) is 9.32. The normalized spacial score (nSPS) is 32.7. The molecule has 4 N–H and O–H groups in total. The molecule has 1 aromatic heterocycles. The second-order valence-corrected chi connectivity index (χ2v) is 13.4. The minimum Gasteiger partial charge on any atom is -0.451 e. The Labute approximate surface area is 264 Å². The molecule has 1 saturated carbocycles. The van der Waals surface area contributed by atoms with Crippen molar-refractivity contribution in [1.29, 1.82) is 0 Å². The number of aliphatic hydroxyl groups excluding tert-OH is 1. The highest BCUT2D eigenvalue weighted by Crippen LogP contribution is 2.40. The summed E-state index contributed by atoms with van der Waals surface area (Å²) in [4.78, 5) is 59.3. The molecule has 3 amide bonds. The van der Waals surface area contributed by atoms with Crippen molar-refractivity contribution in [2.45, 2.75) is 103 Å². The number of hydrogen-bond donors (Lipinski definition) is 4. The van der Waals surface area contributed by atoms with Crippen LogP contribution in [-0.4, -0.2) is 69.1 Å². The molecule has 5 rings (SSSR count). The molecule has 45 heavy (non-hydrogen) atoms. The smallest absolute Gasteiger partial charge is 0.316 e. The van der Waals surface area contributed by atoms with Gasteiger partial charge in [-0.25, -0.2) is 5.43 Å². The number of nitrogens with one attached hydrogen (secondary N) is 3. The molecule has 11 nitrogen and oxygen atoms in total. The lowest BCUT2D eigenvalue weighted by atomic mass is 9.72. The fraction of sp³-hybridized carbons (Fsp3) is 0.559. The van der Waals surface area contributed by atoms with E-state index in [2.05, 4.69) is 16.1 Å². The molecule has 5 bridgehead atoms. The number of ether oxygens (including phenoxy) is 1. The van der Waals surface area contributed by atoms with Crippen LogP contribution in [0.5, 0.6) is 0 Å². The zero-order chi connectivity index (χ0) is 32.5. The SMILES string of the molecule is CC1NC(=O)C(C(C)C)OC(=O)C2(/C=C/c3ccc4ccc(nc4c3)[C@@H](C)NC(=O)[C@]3(C)CCCN(N3)C1=O)CCC(O)CC2. The van der Waals surface area contributed by atoms with E-state index in [1.165, 1.54) is 5.01 Å². The number of esters is 1. The number of carbonyl (C=O) groups excluding carboxylic acids is 4. The van der Waals surface area contributed by atoms with Crippen molar-refractivity contribution in [2.75, 3.05) is 6.54 Å². The Bertz CT molecular complexity index is 1500. The number of amides is 3. The Hall–Kier alpha value is -3.83. The van der Waals surface area contributed by atoms with Crippen LogP contribution in [-0.2, 0) is 23.9 Å². The molecule has 1 spiro atoms. The Balaban J connectivity index is 1.55. The second kappa shape index (κ2) is 12.9. The van der Waals surface area contributed by atoms with Gasteiger partial charge >= 0.3 is 5.97 Å². The molecule has 4 atom stereocenters. The van der Waals surface area contributed by atoms with E-state index in [1.807, 2.05) is 49.4 Å². The average molecular weight is 620 g/mol. The highest BCUT2D eigenvalue weighted by molar-refractivity contribution is 5.92. The topological polar surface area (TPSA) is 150 Å². The summed E-state index contributed by atoms with van der Waals surface area (Å²) in [5, 5.41) is 18.4. The van der Waals surface area contributed by atoms with E-state index in [9.17, 15) is 24.3 Å². The van der Waals surface area contributed by atoms with Gasteiger partial charge in [0.25, 0.3) is 11.8 Å². The van der Waals surface area contributed by atoms with Gasteiger partial charge in [-0.2, -0.15) is 0 Å². The van der Waals surface area contributed by atoms with E-state index in [0.29, 0.717) is 50.8 Å². The zero-order valence-electron chi connectivity index (χ0n) is 26.8. The number of hydrogen-bond acceptors (Lipinski definition) is 8. The van der Waals surface area contributed by atoms with Gasteiger partial charge in [0.15, 0.2) is 6.10 Å². The monoisotopic (exact) mass is 619 g/mol. The number of nitrogens with zero attached hydrogens (tertiary/aromatic N) is 2. The van der Waals surface area contributed by atoms with Crippen molar-refractivity contribution >= 4 is 40.7 Å². The first kappa shape index (κ1) is 32.6. The maximum atomic E-state index is 13.9. The second-order valence-electron chi connectivity index (χ2n) is 13.4. The summed E-state index contributed by atoms with van der Waals surface area (Å²) in [5.41, 5.74) is 3.28. The van der Waals surface area contributed by atoms with Crippen LogP contribution >= 0.6 is 0 Å². The van der Waals surface area contributed by atoms with Crippen LogP contribution in [0, 0.1) is 11.3 Å². The first-order valence-corrected chi connectivity index (χ1v) is 16.0. The lowest BCUT2D eigenvalue weighted by molar-refractivity contribution is -0.168. The molecular weight excluding hydrogens is 574 g/mol. The molecule has 1 aromatic carbocycles. The van der Waals surface area contributed by atoms with Crippen molar-refractivity contribution in [3.63, 3.8) is 0 Å². The standard InChI is InChI=1S/C34H45N5O6/c1-20(2)28-29(41)35-22(4)30(42)39-18-6-14-33(5,38-39)31(43)36-21(3)26-10-9-24-8-7-23(19-27(24)37-26)11-15-34(32(44)45-28)16-12-25(40)13-17-34/h7-11,15,19-22,25,28,38,40H,6,12-14,16-18H2,1-5H3,(H,35,41)(H,36,43)/b15-11+/t21-,22?,25?,28?,33+,34?/m1/s1. The molecular formula is C34H45N5O6. The quantitative estimate of drug-likeness (QED) is 0.355. The zero-order valence-corrected chi connectivity index (χ0v) is 26.8. The Morgan fingerprint density at radius 3 is 2.42 bits per heavy atom. The van der Waals surface area contributed by atoms with E-state index in [4.69, 9.17) is 9.72 Å². The minimum absolute atomic E-state index is 0.261. The maximum absolute atomic E-state index is 13.9.